The van der Waals surface area contributed by atoms with Crippen molar-refractivity contribution in [3.8, 4) is 0 Å². The molecule has 0 fully saturated rings. The minimum absolute atomic E-state index is 0.0526. The van der Waals surface area contributed by atoms with Crippen LogP contribution in [0.4, 0.5) is 8.78 Å². The number of amides is 2. The second-order valence-corrected chi connectivity index (χ2v) is 7.70. The molecular formula is C24H19F2N5O4. The maximum atomic E-state index is 13.4. The van der Waals surface area contributed by atoms with Gasteiger partial charge >= 0.3 is 5.97 Å². The van der Waals surface area contributed by atoms with Crippen LogP contribution in [-0.4, -0.2) is 37.5 Å². The first-order valence-electron chi connectivity index (χ1n) is 10.4. The molecule has 0 bridgehead atoms. The molecule has 0 saturated heterocycles. The Morgan fingerprint density at radius 1 is 0.914 bits per heavy atom. The highest BCUT2D eigenvalue weighted by Gasteiger charge is 2.18. The molecule has 0 aliphatic rings. The summed E-state index contributed by atoms with van der Waals surface area (Å²) in [7, 11) is 0. The highest BCUT2D eigenvalue weighted by Crippen LogP contribution is 2.13. The number of carboxylic acid groups (broad SMARTS) is 1. The number of aromatic nitrogens is 3. The summed E-state index contributed by atoms with van der Waals surface area (Å²) < 4.78 is 27.8. The number of carbonyl (C=O) groups is 3. The Labute approximate surface area is 197 Å². The third kappa shape index (κ3) is 5.13. The van der Waals surface area contributed by atoms with Crippen LogP contribution in [0.3, 0.4) is 0 Å². The van der Waals surface area contributed by atoms with Gasteiger partial charge in [-0.15, -0.1) is 0 Å². The number of aryl methyl sites for hydroxylation is 1. The van der Waals surface area contributed by atoms with Crippen molar-refractivity contribution in [1.82, 2.24) is 25.2 Å². The van der Waals surface area contributed by atoms with E-state index in [4.69, 9.17) is 5.11 Å². The zero-order valence-electron chi connectivity index (χ0n) is 18.4. The summed E-state index contributed by atoms with van der Waals surface area (Å²) in [6, 6.07) is 10.8. The Bertz CT molecular complexity index is 1470. The number of hydrogen-bond acceptors (Lipinski definition) is 5. The van der Waals surface area contributed by atoms with Crippen molar-refractivity contribution < 1.29 is 28.3 Å². The van der Waals surface area contributed by atoms with Gasteiger partial charge < -0.3 is 15.7 Å². The number of aromatic carboxylic acids is 1. The lowest BCUT2D eigenvalue weighted by molar-refractivity contribution is 0.0695. The highest BCUT2D eigenvalue weighted by atomic mass is 19.2. The Hall–Kier alpha value is -4.67. The van der Waals surface area contributed by atoms with E-state index < -0.39 is 29.4 Å². The second kappa shape index (κ2) is 9.67. The minimum atomic E-state index is -1.04. The molecule has 2 aromatic carbocycles. The molecule has 11 heteroatoms. The molecule has 2 amide bonds. The quantitative estimate of drug-likeness (QED) is 0.374. The monoisotopic (exact) mass is 479 g/mol. The number of benzene rings is 2. The molecule has 9 nitrogen and oxygen atoms in total. The molecule has 4 rings (SSSR count). The van der Waals surface area contributed by atoms with Gasteiger partial charge in [0, 0.05) is 25.2 Å². The average Bonchev–Trinajstić information content (AvgIpc) is 3.31. The first kappa shape index (κ1) is 23.5. The highest BCUT2D eigenvalue weighted by molar-refractivity contribution is 5.98. The molecule has 0 aliphatic heterocycles. The molecule has 35 heavy (non-hydrogen) atoms. The number of carboxylic acids is 1. The van der Waals surface area contributed by atoms with E-state index in [1.807, 2.05) is 0 Å². The van der Waals surface area contributed by atoms with Gasteiger partial charge in [0.25, 0.3) is 11.8 Å². The molecule has 2 heterocycles. The molecule has 178 valence electrons. The van der Waals surface area contributed by atoms with E-state index in [0.29, 0.717) is 16.7 Å². The molecule has 4 aromatic rings. The normalized spacial score (nSPS) is 10.8. The van der Waals surface area contributed by atoms with Gasteiger partial charge in [-0.25, -0.2) is 23.1 Å². The van der Waals surface area contributed by atoms with Crippen molar-refractivity contribution in [3.63, 3.8) is 0 Å². The molecule has 0 atom stereocenters. The summed E-state index contributed by atoms with van der Waals surface area (Å²) in [6.45, 7) is 1.70. The SMILES string of the molecule is Cc1cc(CNC(=O)c2cc(C(=O)NCc3ccc(F)c(F)c3)nc3ccnn23)ccc1C(=O)O. The van der Waals surface area contributed by atoms with Crippen molar-refractivity contribution >= 4 is 23.4 Å². The molecule has 0 radical (unpaired) electrons. The maximum Gasteiger partial charge on any atom is 0.335 e. The van der Waals surface area contributed by atoms with Gasteiger partial charge in [0.2, 0.25) is 0 Å². The van der Waals surface area contributed by atoms with Crippen molar-refractivity contribution in [2.24, 2.45) is 0 Å². The molecule has 0 aliphatic carbocycles. The number of nitrogens with one attached hydrogen (secondary N) is 2. The van der Waals surface area contributed by atoms with Gasteiger partial charge in [0.05, 0.1) is 11.8 Å². The second-order valence-electron chi connectivity index (χ2n) is 7.70. The van der Waals surface area contributed by atoms with E-state index in [9.17, 15) is 23.2 Å². The van der Waals surface area contributed by atoms with Crippen LogP contribution in [0, 0.1) is 18.6 Å². The number of rotatable bonds is 7. The van der Waals surface area contributed by atoms with Crippen LogP contribution in [0.2, 0.25) is 0 Å². The average molecular weight is 479 g/mol. The van der Waals surface area contributed by atoms with Crippen LogP contribution < -0.4 is 10.6 Å². The topological polar surface area (TPSA) is 126 Å². The van der Waals surface area contributed by atoms with Crippen LogP contribution in [0.25, 0.3) is 5.65 Å². The molecule has 0 unspecified atom stereocenters. The van der Waals surface area contributed by atoms with Crippen LogP contribution >= 0.6 is 0 Å². The van der Waals surface area contributed by atoms with Crippen LogP contribution in [0.5, 0.6) is 0 Å². The van der Waals surface area contributed by atoms with Crippen molar-refractivity contribution in [2.75, 3.05) is 0 Å². The number of nitrogens with zero attached hydrogens (tertiary/aromatic N) is 3. The Balaban J connectivity index is 1.50. The zero-order chi connectivity index (χ0) is 25.1. The number of halogens is 2. The van der Waals surface area contributed by atoms with Crippen LogP contribution in [0.1, 0.15) is 48.0 Å². The fourth-order valence-electron chi connectivity index (χ4n) is 3.46. The number of hydrogen-bond donors (Lipinski definition) is 3. The summed E-state index contributed by atoms with van der Waals surface area (Å²) in [6.07, 6.45) is 1.43. The summed E-state index contributed by atoms with van der Waals surface area (Å²) in [5.41, 5.74) is 2.02. The molecule has 0 spiro atoms. The standard InChI is InChI=1S/C24H19F2N5O4/c1-13-8-14(2-4-16(13)24(34)35)11-28-23(33)20-10-19(30-21-6-7-29-31(20)21)22(32)27-12-15-3-5-17(25)18(26)9-15/h2-10H,11-12H2,1H3,(H,27,32)(H,28,33)(H,34,35). The van der Waals surface area contributed by atoms with E-state index in [1.165, 1.54) is 35.0 Å². The van der Waals surface area contributed by atoms with Crippen molar-refractivity contribution in [2.45, 2.75) is 20.0 Å². The Morgan fingerprint density at radius 2 is 1.60 bits per heavy atom. The Kier molecular flexibility index (Phi) is 6.49. The van der Waals surface area contributed by atoms with Gasteiger partial charge in [-0.1, -0.05) is 18.2 Å². The lowest BCUT2D eigenvalue weighted by atomic mass is 10.1. The zero-order valence-corrected chi connectivity index (χ0v) is 18.4. The number of fused-ring (bicyclic) bond motifs is 1. The first-order chi connectivity index (χ1) is 16.7. The smallest absolute Gasteiger partial charge is 0.335 e. The summed E-state index contributed by atoms with van der Waals surface area (Å²) in [5.74, 6) is -4.20. The summed E-state index contributed by atoms with van der Waals surface area (Å²) in [5, 5.41) is 18.5. The maximum absolute atomic E-state index is 13.4. The van der Waals surface area contributed by atoms with Gasteiger partial charge in [0.1, 0.15) is 11.4 Å². The molecular weight excluding hydrogens is 460 g/mol. The van der Waals surface area contributed by atoms with Gasteiger partial charge in [-0.3, -0.25) is 9.59 Å². The fourth-order valence-corrected chi connectivity index (χ4v) is 3.46. The largest absolute Gasteiger partial charge is 0.478 e. The van der Waals surface area contributed by atoms with Crippen molar-refractivity contribution in [3.05, 3.63) is 100 Å². The van der Waals surface area contributed by atoms with E-state index in [0.717, 1.165) is 12.1 Å². The fraction of sp³-hybridized carbons (Fsp3) is 0.125. The predicted molar refractivity (Wildman–Crippen MR) is 120 cm³/mol. The molecule has 3 N–H and O–H groups in total. The third-order valence-corrected chi connectivity index (χ3v) is 5.24. The minimum Gasteiger partial charge on any atom is -0.478 e. The van der Waals surface area contributed by atoms with Crippen LogP contribution in [0.15, 0.2) is 54.7 Å². The third-order valence-electron chi connectivity index (χ3n) is 5.24. The van der Waals surface area contributed by atoms with E-state index in [-0.39, 0.29) is 35.7 Å². The summed E-state index contributed by atoms with van der Waals surface area (Å²) >= 11 is 0. The Morgan fingerprint density at radius 3 is 2.29 bits per heavy atom. The first-order valence-corrected chi connectivity index (χ1v) is 10.4. The van der Waals surface area contributed by atoms with Crippen molar-refractivity contribution in [1.29, 1.82) is 0 Å². The van der Waals surface area contributed by atoms with Crippen LogP contribution in [-0.2, 0) is 13.1 Å². The van der Waals surface area contributed by atoms with Gasteiger partial charge in [-0.05, 0) is 41.8 Å². The number of carbonyl (C=O) groups excluding carboxylic acids is 2. The molecule has 2 aromatic heterocycles. The lowest BCUT2D eigenvalue weighted by Crippen LogP contribution is -2.28. The van der Waals surface area contributed by atoms with E-state index in [2.05, 4.69) is 20.7 Å². The lowest BCUT2D eigenvalue weighted by Gasteiger charge is -2.11. The van der Waals surface area contributed by atoms with Gasteiger partial charge in [0.15, 0.2) is 17.3 Å². The van der Waals surface area contributed by atoms with E-state index in [1.54, 1.807) is 19.1 Å². The predicted octanol–water partition coefficient (Wildman–Crippen LogP) is 2.87. The van der Waals surface area contributed by atoms with E-state index >= 15 is 0 Å². The summed E-state index contributed by atoms with van der Waals surface area (Å²) in [4.78, 5) is 40.9. The molecule has 0 saturated carbocycles. The van der Waals surface area contributed by atoms with Gasteiger partial charge in [-0.2, -0.15) is 5.10 Å².